The van der Waals surface area contributed by atoms with E-state index in [1.807, 2.05) is 0 Å². The zero-order valence-corrected chi connectivity index (χ0v) is 12.3. The molecule has 0 N–H and O–H groups in total. The summed E-state index contributed by atoms with van der Waals surface area (Å²) < 4.78 is 10.6. The van der Waals surface area contributed by atoms with E-state index in [9.17, 15) is 4.79 Å². The van der Waals surface area contributed by atoms with Crippen molar-refractivity contribution >= 4 is 17.9 Å². The SMILES string of the molecule is CN(C)C(=O)OCCSc1ncc(C(C)(C)C)o1. The van der Waals surface area contributed by atoms with E-state index in [0.29, 0.717) is 17.6 Å². The molecule has 0 atom stereocenters. The highest BCUT2D eigenvalue weighted by atomic mass is 32.2. The van der Waals surface area contributed by atoms with Crippen molar-refractivity contribution in [2.45, 2.75) is 31.4 Å². The third-order valence-electron chi connectivity index (χ3n) is 2.12. The molecule has 0 saturated heterocycles. The summed E-state index contributed by atoms with van der Waals surface area (Å²) in [5.41, 5.74) is -0.0385. The minimum atomic E-state index is -0.335. The van der Waals surface area contributed by atoms with E-state index < -0.39 is 0 Å². The molecule has 1 aromatic rings. The van der Waals surface area contributed by atoms with Gasteiger partial charge in [0.1, 0.15) is 12.4 Å². The Bertz CT molecular complexity index is 396. The summed E-state index contributed by atoms with van der Waals surface area (Å²) in [5.74, 6) is 1.49. The summed E-state index contributed by atoms with van der Waals surface area (Å²) >= 11 is 1.44. The van der Waals surface area contributed by atoms with Gasteiger partial charge in [0, 0.05) is 25.3 Å². The number of rotatable bonds is 4. The molecule has 0 unspecified atom stereocenters. The van der Waals surface area contributed by atoms with E-state index in [2.05, 4.69) is 25.8 Å². The van der Waals surface area contributed by atoms with Crippen LogP contribution in [-0.2, 0) is 10.2 Å². The van der Waals surface area contributed by atoms with Gasteiger partial charge >= 0.3 is 6.09 Å². The lowest BCUT2D eigenvalue weighted by Gasteiger charge is -2.13. The Balaban J connectivity index is 2.32. The first-order valence-corrected chi connectivity index (χ1v) is 6.72. The van der Waals surface area contributed by atoms with E-state index in [1.54, 1.807) is 20.3 Å². The van der Waals surface area contributed by atoms with Gasteiger partial charge in [0.15, 0.2) is 0 Å². The lowest BCUT2D eigenvalue weighted by Crippen LogP contribution is -2.23. The van der Waals surface area contributed by atoms with Crippen molar-refractivity contribution in [3.63, 3.8) is 0 Å². The number of nitrogens with zero attached hydrogens (tertiary/aromatic N) is 2. The van der Waals surface area contributed by atoms with Crippen molar-refractivity contribution in [2.75, 3.05) is 26.5 Å². The molecule has 0 fully saturated rings. The van der Waals surface area contributed by atoms with E-state index in [1.165, 1.54) is 16.7 Å². The average molecular weight is 272 g/mol. The Morgan fingerprint density at radius 3 is 2.67 bits per heavy atom. The summed E-state index contributed by atoms with van der Waals surface area (Å²) in [4.78, 5) is 16.7. The van der Waals surface area contributed by atoms with Crippen LogP contribution in [0.15, 0.2) is 15.8 Å². The van der Waals surface area contributed by atoms with Crippen LogP contribution in [0, 0.1) is 0 Å². The molecule has 0 spiro atoms. The fourth-order valence-electron chi connectivity index (χ4n) is 1.06. The van der Waals surface area contributed by atoms with Gasteiger partial charge in [-0.25, -0.2) is 9.78 Å². The molecule has 1 heterocycles. The monoisotopic (exact) mass is 272 g/mol. The van der Waals surface area contributed by atoms with Crippen LogP contribution in [0.3, 0.4) is 0 Å². The number of hydrogen-bond donors (Lipinski definition) is 0. The standard InChI is InChI=1S/C12H20N2O3S/c1-12(2,3)9-8-13-10(17-9)18-7-6-16-11(15)14(4)5/h8H,6-7H2,1-5H3. The molecular weight excluding hydrogens is 252 g/mol. The van der Waals surface area contributed by atoms with Crippen molar-refractivity contribution in [2.24, 2.45) is 0 Å². The molecule has 5 nitrogen and oxygen atoms in total. The number of carbonyl (C=O) groups excluding carboxylic acids is 1. The number of oxazole rings is 1. The Morgan fingerprint density at radius 1 is 1.50 bits per heavy atom. The normalized spacial score (nSPS) is 11.4. The predicted molar refractivity (Wildman–Crippen MR) is 71.0 cm³/mol. The molecule has 18 heavy (non-hydrogen) atoms. The molecule has 1 aromatic heterocycles. The van der Waals surface area contributed by atoms with Gasteiger partial charge in [0.05, 0.1) is 6.20 Å². The minimum absolute atomic E-state index is 0.0385. The first kappa shape index (κ1) is 14.9. The molecule has 0 radical (unpaired) electrons. The van der Waals surface area contributed by atoms with Crippen LogP contribution < -0.4 is 0 Å². The van der Waals surface area contributed by atoms with Crippen molar-refractivity contribution < 1.29 is 13.9 Å². The molecule has 0 aromatic carbocycles. The molecule has 6 heteroatoms. The second-order valence-corrected chi connectivity index (χ2v) is 6.14. The van der Waals surface area contributed by atoms with Gasteiger partial charge in [-0.3, -0.25) is 0 Å². The first-order valence-electron chi connectivity index (χ1n) is 5.74. The maximum Gasteiger partial charge on any atom is 0.409 e. The fourth-order valence-corrected chi connectivity index (χ4v) is 1.68. The zero-order chi connectivity index (χ0) is 13.8. The van der Waals surface area contributed by atoms with Gasteiger partial charge in [-0.15, -0.1) is 0 Å². The summed E-state index contributed by atoms with van der Waals surface area (Å²) in [5, 5.41) is 0.612. The number of carbonyl (C=O) groups is 1. The molecule has 102 valence electrons. The number of hydrogen-bond acceptors (Lipinski definition) is 5. The van der Waals surface area contributed by atoms with Gasteiger partial charge in [0.2, 0.25) is 0 Å². The van der Waals surface area contributed by atoms with Gasteiger partial charge in [0.25, 0.3) is 5.22 Å². The average Bonchev–Trinajstić information content (AvgIpc) is 2.72. The highest BCUT2D eigenvalue weighted by Crippen LogP contribution is 2.26. The van der Waals surface area contributed by atoms with Crippen molar-refractivity contribution in [1.82, 2.24) is 9.88 Å². The zero-order valence-electron chi connectivity index (χ0n) is 11.5. The van der Waals surface area contributed by atoms with Gasteiger partial charge in [-0.2, -0.15) is 0 Å². The Kier molecular flexibility index (Phi) is 5.07. The van der Waals surface area contributed by atoms with E-state index in [-0.39, 0.29) is 11.5 Å². The van der Waals surface area contributed by atoms with Crippen molar-refractivity contribution in [3.05, 3.63) is 12.0 Å². The first-order chi connectivity index (χ1) is 8.30. The largest absolute Gasteiger partial charge is 0.449 e. The minimum Gasteiger partial charge on any atom is -0.449 e. The Labute approximate surface area is 112 Å². The van der Waals surface area contributed by atoms with E-state index >= 15 is 0 Å². The summed E-state index contributed by atoms with van der Waals surface area (Å²) in [6.07, 6.45) is 1.41. The number of thioether (sulfide) groups is 1. The molecule has 0 aliphatic heterocycles. The second kappa shape index (κ2) is 6.13. The third kappa shape index (κ3) is 4.60. The topological polar surface area (TPSA) is 55.6 Å². The fraction of sp³-hybridized carbons (Fsp3) is 0.667. The summed E-state index contributed by atoms with van der Waals surface area (Å²) in [6.45, 7) is 6.55. The van der Waals surface area contributed by atoms with E-state index in [0.717, 1.165) is 5.76 Å². The maximum absolute atomic E-state index is 11.1. The summed E-state index contributed by atoms with van der Waals surface area (Å²) in [7, 11) is 3.30. The van der Waals surface area contributed by atoms with Crippen LogP contribution in [0.5, 0.6) is 0 Å². The lowest BCUT2D eigenvalue weighted by molar-refractivity contribution is 0.125. The van der Waals surface area contributed by atoms with Crippen LogP contribution in [0.1, 0.15) is 26.5 Å². The second-order valence-electron chi connectivity index (χ2n) is 5.10. The van der Waals surface area contributed by atoms with Crippen LogP contribution in [0.4, 0.5) is 4.79 Å². The quantitative estimate of drug-likeness (QED) is 0.623. The lowest BCUT2D eigenvalue weighted by atomic mass is 9.94. The van der Waals surface area contributed by atoms with E-state index in [4.69, 9.17) is 9.15 Å². The number of aromatic nitrogens is 1. The van der Waals surface area contributed by atoms with Crippen LogP contribution in [0.25, 0.3) is 0 Å². The van der Waals surface area contributed by atoms with Gasteiger partial charge in [-0.05, 0) is 0 Å². The number of ether oxygens (including phenoxy) is 1. The smallest absolute Gasteiger partial charge is 0.409 e. The molecule has 0 saturated carbocycles. The number of amides is 1. The highest BCUT2D eigenvalue weighted by molar-refractivity contribution is 7.99. The van der Waals surface area contributed by atoms with Crippen molar-refractivity contribution in [1.29, 1.82) is 0 Å². The Morgan fingerprint density at radius 2 is 2.17 bits per heavy atom. The highest BCUT2D eigenvalue weighted by Gasteiger charge is 2.19. The molecule has 0 aliphatic carbocycles. The molecular formula is C12H20N2O3S. The third-order valence-corrected chi connectivity index (χ3v) is 2.93. The summed E-state index contributed by atoms with van der Waals surface area (Å²) in [6, 6.07) is 0. The van der Waals surface area contributed by atoms with Crippen LogP contribution in [-0.4, -0.2) is 42.4 Å². The predicted octanol–water partition coefficient (Wildman–Crippen LogP) is 2.76. The van der Waals surface area contributed by atoms with Gasteiger partial charge in [-0.1, -0.05) is 32.5 Å². The van der Waals surface area contributed by atoms with Crippen LogP contribution >= 0.6 is 11.8 Å². The van der Waals surface area contributed by atoms with Crippen molar-refractivity contribution in [3.8, 4) is 0 Å². The molecule has 0 aliphatic rings. The molecule has 0 bridgehead atoms. The Hall–Kier alpha value is -1.17. The molecule has 1 amide bonds. The molecule has 1 rings (SSSR count). The maximum atomic E-state index is 11.1. The van der Waals surface area contributed by atoms with Crippen LogP contribution in [0.2, 0.25) is 0 Å². The van der Waals surface area contributed by atoms with Gasteiger partial charge < -0.3 is 14.1 Å².